The molecule has 0 saturated carbocycles. The number of ether oxygens (including phenoxy) is 2. The van der Waals surface area contributed by atoms with E-state index in [1.807, 2.05) is 13.8 Å². The lowest BCUT2D eigenvalue weighted by atomic mass is 10.1. The van der Waals surface area contributed by atoms with Crippen molar-refractivity contribution >= 4 is 11.9 Å². The maximum atomic E-state index is 12.5. The number of aromatic amines is 1. The summed E-state index contributed by atoms with van der Waals surface area (Å²) in [5.74, 6) is -2.66. The Labute approximate surface area is 197 Å². The molecule has 0 saturated heterocycles. The van der Waals surface area contributed by atoms with Gasteiger partial charge in [-0.2, -0.15) is 0 Å². The number of amides is 1. The highest BCUT2D eigenvalue weighted by Crippen LogP contribution is 2.29. The zero-order chi connectivity index (χ0) is 26.0. The standard InChI is InChI=1S/C14H13N3O4.C7H4F4O.C2H6/c18-13(9-3-4-10(16-9)14(19)20)17-8-5-7-21-11-2-1-6-15-12(8)11;8-5-3-1-2-4-6(5)12-7(9,10)11;1-2/h1-4,6,8,16H,5,7H2,(H,17,18)(H,19,20);1-4H;1-2H3. The normalized spacial score (nSPS) is 14.1. The van der Waals surface area contributed by atoms with Gasteiger partial charge < -0.3 is 24.9 Å². The number of nitrogens with one attached hydrogen (secondary N) is 2. The van der Waals surface area contributed by atoms with Crippen LogP contribution in [-0.2, 0) is 0 Å². The van der Waals surface area contributed by atoms with Crippen LogP contribution in [0.4, 0.5) is 17.6 Å². The van der Waals surface area contributed by atoms with Crippen LogP contribution >= 0.6 is 0 Å². The molecule has 1 unspecified atom stereocenters. The van der Waals surface area contributed by atoms with Crippen molar-refractivity contribution in [2.75, 3.05) is 6.61 Å². The molecule has 0 radical (unpaired) electrons. The number of para-hydroxylation sites is 1. The van der Waals surface area contributed by atoms with E-state index in [4.69, 9.17) is 9.84 Å². The summed E-state index contributed by atoms with van der Waals surface area (Å²) in [6.07, 6.45) is -2.59. The molecule has 188 valence electrons. The van der Waals surface area contributed by atoms with Crippen LogP contribution < -0.4 is 14.8 Å². The summed E-state index contributed by atoms with van der Waals surface area (Å²) >= 11 is 0. The largest absolute Gasteiger partial charge is 0.573 e. The van der Waals surface area contributed by atoms with Gasteiger partial charge in [-0.05, 0) is 36.4 Å². The first-order valence-electron chi connectivity index (χ1n) is 10.4. The van der Waals surface area contributed by atoms with E-state index in [0.29, 0.717) is 24.5 Å². The van der Waals surface area contributed by atoms with Crippen LogP contribution in [0.25, 0.3) is 0 Å². The molecule has 12 heteroatoms. The quantitative estimate of drug-likeness (QED) is 0.432. The van der Waals surface area contributed by atoms with Crippen molar-refractivity contribution in [2.45, 2.75) is 32.7 Å². The lowest BCUT2D eigenvalue weighted by Crippen LogP contribution is -2.33. The second-order valence-corrected chi connectivity index (χ2v) is 6.62. The molecule has 0 aliphatic carbocycles. The molecule has 3 N–H and O–H groups in total. The zero-order valence-electron chi connectivity index (χ0n) is 18.7. The van der Waals surface area contributed by atoms with Crippen LogP contribution in [0.5, 0.6) is 11.5 Å². The van der Waals surface area contributed by atoms with Gasteiger partial charge in [-0.3, -0.25) is 9.78 Å². The molecule has 2 aromatic heterocycles. The van der Waals surface area contributed by atoms with Gasteiger partial charge in [-0.25, -0.2) is 9.18 Å². The van der Waals surface area contributed by atoms with Gasteiger partial charge in [-0.1, -0.05) is 26.0 Å². The number of rotatable bonds is 4. The van der Waals surface area contributed by atoms with E-state index in [1.165, 1.54) is 24.3 Å². The fourth-order valence-corrected chi connectivity index (χ4v) is 2.89. The Morgan fingerprint density at radius 2 is 1.80 bits per heavy atom. The Balaban J connectivity index is 0.000000263. The van der Waals surface area contributed by atoms with Crippen LogP contribution in [-0.4, -0.2) is 39.9 Å². The number of alkyl halides is 3. The second-order valence-electron chi connectivity index (χ2n) is 6.62. The minimum atomic E-state index is -4.85. The monoisotopic (exact) mass is 497 g/mol. The number of carbonyl (C=O) groups is 2. The Bertz CT molecular complexity index is 1130. The van der Waals surface area contributed by atoms with Crippen LogP contribution in [0.2, 0.25) is 0 Å². The Kier molecular flexibility index (Phi) is 9.62. The van der Waals surface area contributed by atoms with Crippen LogP contribution in [0.15, 0.2) is 54.7 Å². The van der Waals surface area contributed by atoms with E-state index < -0.39 is 23.9 Å². The zero-order valence-corrected chi connectivity index (χ0v) is 18.7. The molecule has 1 amide bonds. The number of hydrogen-bond donors (Lipinski definition) is 3. The third-order valence-electron chi connectivity index (χ3n) is 4.32. The van der Waals surface area contributed by atoms with Gasteiger partial charge in [0.1, 0.15) is 22.8 Å². The summed E-state index contributed by atoms with van der Waals surface area (Å²) in [5, 5.41) is 11.7. The predicted molar refractivity (Wildman–Crippen MR) is 117 cm³/mol. The van der Waals surface area contributed by atoms with Gasteiger partial charge in [0.15, 0.2) is 11.6 Å². The average molecular weight is 497 g/mol. The Morgan fingerprint density at radius 3 is 2.43 bits per heavy atom. The predicted octanol–water partition coefficient (Wildman–Crippen LogP) is 5.11. The van der Waals surface area contributed by atoms with Crippen LogP contribution in [0.1, 0.15) is 53.0 Å². The molecule has 1 aromatic carbocycles. The number of carboxylic acids is 1. The number of halogens is 4. The van der Waals surface area contributed by atoms with Crippen molar-refractivity contribution in [1.29, 1.82) is 0 Å². The average Bonchev–Trinajstić information content (AvgIpc) is 3.33. The molecule has 35 heavy (non-hydrogen) atoms. The number of aromatic nitrogens is 2. The van der Waals surface area contributed by atoms with Crippen LogP contribution in [0, 0.1) is 5.82 Å². The summed E-state index contributed by atoms with van der Waals surface area (Å²) in [4.78, 5) is 29.8. The molecule has 0 spiro atoms. The molecule has 8 nitrogen and oxygen atoms in total. The molecule has 1 atom stereocenters. The van der Waals surface area contributed by atoms with E-state index in [0.717, 1.165) is 12.1 Å². The first-order valence-corrected chi connectivity index (χ1v) is 10.4. The summed E-state index contributed by atoms with van der Waals surface area (Å²) in [6, 6.07) is 10.4. The highest BCUT2D eigenvalue weighted by molar-refractivity contribution is 5.95. The molecule has 3 heterocycles. The summed E-state index contributed by atoms with van der Waals surface area (Å²) in [7, 11) is 0. The summed E-state index contributed by atoms with van der Waals surface area (Å²) < 4.78 is 55.9. The van der Waals surface area contributed by atoms with Gasteiger partial charge in [0.25, 0.3) is 5.91 Å². The Morgan fingerprint density at radius 1 is 1.11 bits per heavy atom. The number of pyridine rings is 1. The number of benzene rings is 1. The fourth-order valence-electron chi connectivity index (χ4n) is 2.89. The van der Waals surface area contributed by atoms with E-state index >= 15 is 0 Å². The van der Waals surface area contributed by atoms with E-state index in [1.54, 1.807) is 18.3 Å². The van der Waals surface area contributed by atoms with E-state index in [-0.39, 0.29) is 23.3 Å². The van der Waals surface area contributed by atoms with Crippen molar-refractivity contribution in [3.05, 3.63) is 77.6 Å². The number of fused-ring (bicyclic) bond motifs is 1. The van der Waals surface area contributed by atoms with Gasteiger partial charge in [0.05, 0.1) is 12.6 Å². The third kappa shape index (κ3) is 8.02. The highest BCUT2D eigenvalue weighted by Gasteiger charge is 2.32. The number of aromatic carboxylic acids is 1. The Hall–Kier alpha value is -4.09. The minimum Gasteiger partial charge on any atom is -0.491 e. The molecule has 0 fully saturated rings. The van der Waals surface area contributed by atoms with Gasteiger partial charge in [0.2, 0.25) is 0 Å². The molecular formula is C23H23F4N3O5. The lowest BCUT2D eigenvalue weighted by Gasteiger charge is -2.25. The summed E-state index contributed by atoms with van der Waals surface area (Å²) in [5.41, 5.74) is 0.865. The second kappa shape index (κ2) is 12.4. The summed E-state index contributed by atoms with van der Waals surface area (Å²) in [6.45, 7) is 4.49. The molecule has 3 aromatic rings. The minimum absolute atomic E-state index is 0.0225. The number of hydrogen-bond acceptors (Lipinski definition) is 5. The van der Waals surface area contributed by atoms with Crippen molar-refractivity contribution in [3.63, 3.8) is 0 Å². The first kappa shape index (κ1) is 27.2. The number of carbonyl (C=O) groups excluding carboxylic acids is 1. The number of nitrogens with zero attached hydrogens (tertiary/aromatic N) is 1. The molecule has 0 bridgehead atoms. The molecule has 1 aliphatic heterocycles. The first-order chi connectivity index (χ1) is 16.6. The maximum absolute atomic E-state index is 12.5. The van der Waals surface area contributed by atoms with Crippen molar-refractivity contribution < 1.29 is 41.7 Å². The van der Waals surface area contributed by atoms with Crippen LogP contribution in [0.3, 0.4) is 0 Å². The van der Waals surface area contributed by atoms with Gasteiger partial charge in [0, 0.05) is 12.6 Å². The smallest absolute Gasteiger partial charge is 0.491 e. The maximum Gasteiger partial charge on any atom is 0.573 e. The SMILES string of the molecule is CC.Fc1ccccc1OC(F)(F)F.O=C(O)c1ccc(C(=O)NC2CCOc3cccnc32)[nH]1. The van der Waals surface area contributed by atoms with Gasteiger partial charge in [-0.15, -0.1) is 13.2 Å². The molecule has 1 aliphatic rings. The van der Waals surface area contributed by atoms with Crippen molar-refractivity contribution in [2.24, 2.45) is 0 Å². The third-order valence-corrected chi connectivity index (χ3v) is 4.32. The van der Waals surface area contributed by atoms with Crippen molar-refractivity contribution in [1.82, 2.24) is 15.3 Å². The number of H-pyrrole nitrogens is 1. The topological polar surface area (TPSA) is 114 Å². The fraction of sp³-hybridized carbons (Fsp3) is 0.261. The molecule has 4 rings (SSSR count). The molecular weight excluding hydrogens is 474 g/mol. The van der Waals surface area contributed by atoms with E-state index in [2.05, 4.69) is 20.0 Å². The highest BCUT2D eigenvalue weighted by atomic mass is 19.4. The van der Waals surface area contributed by atoms with Gasteiger partial charge >= 0.3 is 12.3 Å². The van der Waals surface area contributed by atoms with E-state index in [9.17, 15) is 27.2 Å². The number of carboxylic acid groups (broad SMARTS) is 1. The lowest BCUT2D eigenvalue weighted by molar-refractivity contribution is -0.275. The van der Waals surface area contributed by atoms with Crippen molar-refractivity contribution in [3.8, 4) is 11.5 Å².